The molecule has 8 nitrogen and oxygen atoms in total. The maximum Gasteiger partial charge on any atom is 0.213 e. The highest BCUT2D eigenvalue weighted by atomic mass is 127. The molecule has 3 atom stereocenters. The van der Waals surface area contributed by atoms with Gasteiger partial charge in [-0.1, -0.05) is 59.0 Å². The van der Waals surface area contributed by atoms with Crippen LogP contribution in [0.25, 0.3) is 0 Å². The Balaban J connectivity index is 1.11. The van der Waals surface area contributed by atoms with E-state index in [4.69, 9.17) is 31.3 Å². The van der Waals surface area contributed by atoms with Crippen LogP contribution in [-0.4, -0.2) is 56.6 Å². The molecule has 0 aromatic carbocycles. The lowest BCUT2D eigenvalue weighted by atomic mass is 9.54. The monoisotopic (exact) mass is 792 g/mol. The Kier molecular flexibility index (Phi) is 9.50. The average molecular weight is 793 g/mol. The number of aliphatic imine (C=N–C) groups is 2. The molecule has 10 heteroatoms. The predicted molar refractivity (Wildman–Crippen MR) is 182 cm³/mol. The molecular weight excluding hydrogens is 742 g/mol. The number of hydrogen-bond acceptors (Lipinski definition) is 6. The highest BCUT2D eigenvalue weighted by Crippen LogP contribution is 2.55. The number of nitrogens with one attached hydrogen (secondary N) is 2. The number of ether oxygens (including phenoxy) is 2. The molecule has 8 saturated carbocycles. The van der Waals surface area contributed by atoms with Gasteiger partial charge in [-0.25, -0.2) is 4.99 Å². The van der Waals surface area contributed by atoms with Crippen LogP contribution in [0.5, 0.6) is 0 Å². The normalized spacial score (nSPS) is 42.2. The summed E-state index contributed by atoms with van der Waals surface area (Å²) in [6.07, 6.45) is 13.7. The van der Waals surface area contributed by atoms with E-state index in [1.54, 1.807) is 0 Å². The summed E-state index contributed by atoms with van der Waals surface area (Å²) in [6, 6.07) is 0.527. The second-order valence-electron chi connectivity index (χ2n) is 14.3. The second kappa shape index (κ2) is 12.7. The Labute approximate surface area is 273 Å². The van der Waals surface area contributed by atoms with E-state index in [2.05, 4.69) is 69.3 Å². The van der Waals surface area contributed by atoms with Gasteiger partial charge in [0, 0.05) is 9.97 Å². The third-order valence-corrected chi connectivity index (χ3v) is 16.2. The number of amidine groups is 2. The fourth-order valence-electron chi connectivity index (χ4n) is 10.1. The Hall–Kier alpha value is -0.210. The summed E-state index contributed by atoms with van der Waals surface area (Å²) in [4.78, 5) is 9.34. The van der Waals surface area contributed by atoms with Crippen molar-refractivity contribution < 1.29 is 9.47 Å². The smallest absolute Gasteiger partial charge is 0.213 e. The molecule has 230 valence electrons. The molecule has 6 N–H and O–H groups in total. The van der Waals surface area contributed by atoms with Crippen LogP contribution in [0.4, 0.5) is 0 Å². The first-order valence-corrected chi connectivity index (χ1v) is 18.5. The lowest BCUT2D eigenvalue weighted by molar-refractivity contribution is -0.124. The molecular formula is C31H50I2N6O2. The maximum atomic E-state index is 8.88. The van der Waals surface area contributed by atoms with Crippen molar-refractivity contribution in [3.8, 4) is 0 Å². The van der Waals surface area contributed by atoms with Crippen molar-refractivity contribution in [3.63, 3.8) is 0 Å². The summed E-state index contributed by atoms with van der Waals surface area (Å²) >= 11 is 4.70. The highest BCUT2D eigenvalue weighted by molar-refractivity contribution is 14.1. The molecule has 0 radical (unpaired) electrons. The van der Waals surface area contributed by atoms with Gasteiger partial charge in [-0.3, -0.25) is 15.7 Å². The molecule has 3 unspecified atom stereocenters. The van der Waals surface area contributed by atoms with Gasteiger partial charge in [0.2, 0.25) is 6.10 Å². The molecule has 8 rings (SSSR count). The quantitative estimate of drug-likeness (QED) is 0.0881. The first-order valence-electron chi connectivity index (χ1n) is 16.2. The molecule has 0 aromatic rings. The highest BCUT2D eigenvalue weighted by Gasteiger charge is 2.49. The predicted octanol–water partition coefficient (Wildman–Crippen LogP) is 5.64. The molecule has 8 aliphatic rings. The molecule has 0 saturated heterocycles. The Bertz CT molecular complexity index is 918. The van der Waals surface area contributed by atoms with Gasteiger partial charge in [-0.15, -0.1) is 0 Å². The molecule has 0 aliphatic heterocycles. The summed E-state index contributed by atoms with van der Waals surface area (Å²) in [7, 11) is 0. The van der Waals surface area contributed by atoms with E-state index < -0.39 is 9.53 Å². The summed E-state index contributed by atoms with van der Waals surface area (Å²) in [5.41, 5.74) is 13.1. The Morgan fingerprint density at radius 3 is 1.85 bits per heavy atom. The van der Waals surface area contributed by atoms with Crippen LogP contribution in [-0.2, 0) is 9.47 Å². The van der Waals surface area contributed by atoms with Crippen molar-refractivity contribution in [1.82, 2.24) is 5.32 Å². The molecule has 41 heavy (non-hydrogen) atoms. The minimum absolute atomic E-state index is 0.166. The topological polar surface area (TPSA) is 131 Å². The minimum atomic E-state index is -0.874. The number of alkyl halides is 2. The van der Waals surface area contributed by atoms with E-state index >= 15 is 0 Å². The molecule has 0 aromatic heterocycles. The van der Waals surface area contributed by atoms with Crippen molar-refractivity contribution in [2.24, 2.45) is 68.8 Å². The van der Waals surface area contributed by atoms with Crippen LogP contribution < -0.4 is 16.8 Å². The zero-order valence-electron chi connectivity index (χ0n) is 24.7. The zero-order valence-corrected chi connectivity index (χ0v) is 29.1. The van der Waals surface area contributed by atoms with Gasteiger partial charge < -0.3 is 20.9 Å². The molecule has 0 amide bonds. The number of nitrogens with zero attached hydrogens (tertiary/aromatic N) is 2. The summed E-state index contributed by atoms with van der Waals surface area (Å²) < 4.78 is 12.4. The van der Waals surface area contributed by atoms with Crippen LogP contribution in [0.1, 0.15) is 84.5 Å². The van der Waals surface area contributed by atoms with E-state index in [0.717, 1.165) is 41.9 Å². The number of hydrogen-bond donors (Lipinski definition) is 4. The van der Waals surface area contributed by atoms with Gasteiger partial charge in [-0.2, -0.15) is 0 Å². The lowest BCUT2D eigenvalue weighted by Crippen LogP contribution is -2.54. The van der Waals surface area contributed by atoms with Gasteiger partial charge in [-0.05, 0) is 118 Å². The van der Waals surface area contributed by atoms with E-state index in [1.165, 1.54) is 64.2 Å². The number of nitrogens with two attached hydrogens (primary N) is 2. The van der Waals surface area contributed by atoms with Crippen molar-refractivity contribution in [2.45, 2.75) is 110 Å². The van der Waals surface area contributed by atoms with Crippen molar-refractivity contribution in [3.05, 3.63) is 0 Å². The second-order valence-corrected chi connectivity index (χ2v) is 18.1. The van der Waals surface area contributed by atoms with Gasteiger partial charge in [0.25, 0.3) is 0 Å². The SMILES string of the molecule is CCC(I)(C(=N)OC(C(N)=NCNC1C2CC3CC(C2)CC1C3)C(N)=NCOC1C2CC3CC(C2)CC1C3)C(C)I. The van der Waals surface area contributed by atoms with Crippen molar-refractivity contribution >= 4 is 62.8 Å². The summed E-state index contributed by atoms with van der Waals surface area (Å²) in [5.74, 6) is 7.26. The van der Waals surface area contributed by atoms with E-state index in [1.807, 2.05) is 0 Å². The van der Waals surface area contributed by atoms with Crippen molar-refractivity contribution in [2.75, 3.05) is 13.4 Å². The lowest BCUT2D eigenvalue weighted by Gasteiger charge is -2.54. The maximum absolute atomic E-state index is 8.88. The van der Waals surface area contributed by atoms with Crippen LogP contribution in [0, 0.1) is 52.8 Å². The van der Waals surface area contributed by atoms with Crippen LogP contribution >= 0.6 is 45.2 Å². The first kappa shape index (κ1) is 30.8. The number of rotatable bonds is 12. The van der Waals surface area contributed by atoms with E-state index in [0.29, 0.717) is 24.5 Å². The molecule has 8 aliphatic carbocycles. The fraction of sp³-hybridized carbons (Fsp3) is 0.903. The van der Waals surface area contributed by atoms with Gasteiger partial charge >= 0.3 is 0 Å². The van der Waals surface area contributed by atoms with Crippen LogP contribution in [0.2, 0.25) is 0 Å². The third kappa shape index (κ3) is 6.32. The Morgan fingerprint density at radius 1 is 0.878 bits per heavy atom. The zero-order chi connectivity index (χ0) is 28.9. The standard InChI is InChI=1S/C31H50I2N6O2/c1-3-31(33,16(2)32)30(36)41-27(28(34)38-14-37-25-21-6-17-4-18(8-21)9-22(25)7-17)29(35)39-15-40-26-23-10-19-5-20(12-23)13-24(26)11-19/h16-27,36-37H,3-15H2,1-2H3,(H2,34,38)(H2,35,39). The largest absolute Gasteiger partial charge is 0.461 e. The average Bonchev–Trinajstić information content (AvgIpc) is 2.92. The van der Waals surface area contributed by atoms with Gasteiger partial charge in [0.15, 0.2) is 5.90 Å². The van der Waals surface area contributed by atoms with Gasteiger partial charge in [0.05, 0.1) is 12.8 Å². The van der Waals surface area contributed by atoms with Crippen molar-refractivity contribution in [1.29, 1.82) is 5.41 Å². The summed E-state index contributed by atoms with van der Waals surface area (Å²) in [5, 5.41) is 12.6. The fourth-order valence-corrected chi connectivity index (χ4v) is 11.0. The first-order chi connectivity index (χ1) is 19.6. The summed E-state index contributed by atoms with van der Waals surface area (Å²) in [6.45, 7) is 4.83. The molecule has 8 fully saturated rings. The van der Waals surface area contributed by atoms with Crippen LogP contribution in [0.3, 0.4) is 0 Å². The van der Waals surface area contributed by atoms with Crippen LogP contribution in [0.15, 0.2) is 9.98 Å². The molecule has 0 heterocycles. The third-order valence-electron chi connectivity index (χ3n) is 11.8. The molecule has 8 bridgehead atoms. The molecule has 0 spiro atoms. The van der Waals surface area contributed by atoms with E-state index in [9.17, 15) is 0 Å². The van der Waals surface area contributed by atoms with Gasteiger partial charge in [0.1, 0.15) is 21.8 Å². The minimum Gasteiger partial charge on any atom is -0.461 e. The Morgan fingerprint density at radius 2 is 1.37 bits per heavy atom. The number of halogens is 2. The van der Waals surface area contributed by atoms with E-state index in [-0.39, 0.29) is 34.3 Å².